The Balaban J connectivity index is 1.82. The minimum absolute atomic E-state index is 0.0428. The largest absolute Gasteiger partial charge is 0.504 e. The first kappa shape index (κ1) is 23.3. The highest BCUT2D eigenvalue weighted by atomic mass is 32.1. The smallest absolute Gasteiger partial charge is 0.255 e. The molecule has 3 N–H and O–H groups in total. The van der Waals surface area contributed by atoms with Crippen molar-refractivity contribution in [3.05, 3.63) is 95.2 Å². The molecule has 1 unspecified atom stereocenters. The number of ether oxygens (including phenoxy) is 1. The number of nitrogens with one attached hydrogen (secondary N) is 2. The topological polar surface area (TPSA) is 73.8 Å². The fourth-order valence-electron chi connectivity index (χ4n) is 3.99. The van der Waals surface area contributed by atoms with E-state index in [1.165, 1.54) is 0 Å². The molecule has 1 heterocycles. The van der Waals surface area contributed by atoms with Crippen LogP contribution in [0.4, 0.5) is 11.4 Å². The van der Waals surface area contributed by atoms with E-state index in [0.29, 0.717) is 28.7 Å². The highest BCUT2D eigenvalue weighted by Crippen LogP contribution is 2.37. The standard InChI is InChI=1S/C27H27N3O3S/c1-4-33-23-16-19(12-15-22(23)31)25-24(26(32)28-20-8-6-5-7-9-20)18(3)30(27(34)29-25)21-13-10-17(2)11-14-21/h5-16,25,31H,4H2,1-3H3,(H,28,32)(H,29,34). The van der Waals surface area contributed by atoms with E-state index in [9.17, 15) is 9.90 Å². The van der Waals surface area contributed by atoms with Gasteiger partial charge in [0.05, 0.1) is 18.2 Å². The van der Waals surface area contributed by atoms with Gasteiger partial charge in [-0.3, -0.25) is 9.69 Å². The number of anilines is 2. The summed E-state index contributed by atoms with van der Waals surface area (Å²) in [7, 11) is 0. The summed E-state index contributed by atoms with van der Waals surface area (Å²) in [5.74, 6) is 0.155. The Hall–Kier alpha value is -3.84. The second kappa shape index (κ2) is 9.97. The summed E-state index contributed by atoms with van der Waals surface area (Å²) < 4.78 is 5.58. The maximum absolute atomic E-state index is 13.6. The van der Waals surface area contributed by atoms with Crippen LogP contribution in [-0.2, 0) is 4.79 Å². The van der Waals surface area contributed by atoms with Gasteiger partial charge in [-0.2, -0.15) is 0 Å². The third-order valence-electron chi connectivity index (χ3n) is 5.67. The van der Waals surface area contributed by atoms with E-state index < -0.39 is 6.04 Å². The number of phenols is 1. The number of para-hydroxylation sites is 1. The maximum Gasteiger partial charge on any atom is 0.255 e. The van der Waals surface area contributed by atoms with Crippen LogP contribution in [0.2, 0.25) is 0 Å². The summed E-state index contributed by atoms with van der Waals surface area (Å²) in [6.07, 6.45) is 0. The molecule has 0 spiro atoms. The zero-order valence-electron chi connectivity index (χ0n) is 19.3. The average molecular weight is 474 g/mol. The van der Waals surface area contributed by atoms with Crippen LogP contribution in [0.1, 0.15) is 31.0 Å². The van der Waals surface area contributed by atoms with Crippen molar-refractivity contribution in [2.24, 2.45) is 0 Å². The van der Waals surface area contributed by atoms with Crippen LogP contribution in [0.5, 0.6) is 11.5 Å². The number of aryl methyl sites for hydroxylation is 1. The van der Waals surface area contributed by atoms with E-state index in [4.69, 9.17) is 17.0 Å². The van der Waals surface area contributed by atoms with Gasteiger partial charge in [-0.1, -0.05) is 42.0 Å². The fourth-order valence-corrected chi connectivity index (χ4v) is 4.35. The Labute approximate surface area is 204 Å². The van der Waals surface area contributed by atoms with Gasteiger partial charge in [0, 0.05) is 17.1 Å². The predicted octanol–water partition coefficient (Wildman–Crippen LogP) is 5.45. The number of carbonyl (C=O) groups excluding carboxylic acids is 1. The van der Waals surface area contributed by atoms with Gasteiger partial charge in [0.15, 0.2) is 16.6 Å². The van der Waals surface area contributed by atoms with Gasteiger partial charge >= 0.3 is 0 Å². The molecular formula is C27H27N3O3S. The number of amides is 1. The SMILES string of the molecule is CCOc1cc(C2NC(=S)N(c3ccc(C)cc3)C(C)=C2C(=O)Nc2ccccc2)ccc1O. The van der Waals surface area contributed by atoms with E-state index in [1.807, 2.05) is 80.3 Å². The molecule has 0 saturated carbocycles. The summed E-state index contributed by atoms with van der Waals surface area (Å²) in [6.45, 7) is 6.17. The van der Waals surface area contributed by atoms with Gasteiger partial charge < -0.3 is 20.5 Å². The molecule has 0 aliphatic carbocycles. The van der Waals surface area contributed by atoms with Crippen molar-refractivity contribution in [3.63, 3.8) is 0 Å². The molecule has 34 heavy (non-hydrogen) atoms. The van der Waals surface area contributed by atoms with Gasteiger partial charge in [0.1, 0.15) is 0 Å². The first-order chi connectivity index (χ1) is 16.4. The quantitative estimate of drug-likeness (QED) is 0.414. The lowest BCUT2D eigenvalue weighted by Gasteiger charge is -2.38. The van der Waals surface area contributed by atoms with Crippen molar-refractivity contribution in [2.75, 3.05) is 16.8 Å². The number of hydrogen-bond donors (Lipinski definition) is 3. The summed E-state index contributed by atoms with van der Waals surface area (Å²) in [4.78, 5) is 15.5. The Morgan fingerprint density at radius 3 is 2.47 bits per heavy atom. The van der Waals surface area contributed by atoms with Gasteiger partial charge in [0.25, 0.3) is 5.91 Å². The normalized spacial score (nSPS) is 15.7. The number of allylic oxidation sites excluding steroid dienone is 1. The highest BCUT2D eigenvalue weighted by Gasteiger charge is 2.35. The summed E-state index contributed by atoms with van der Waals surface area (Å²) >= 11 is 5.74. The van der Waals surface area contributed by atoms with E-state index in [0.717, 1.165) is 22.5 Å². The van der Waals surface area contributed by atoms with Crippen LogP contribution >= 0.6 is 12.2 Å². The summed E-state index contributed by atoms with van der Waals surface area (Å²) in [5.41, 5.74) is 4.69. The maximum atomic E-state index is 13.6. The van der Waals surface area contributed by atoms with Gasteiger partial charge in [-0.05, 0) is 75.0 Å². The zero-order chi connectivity index (χ0) is 24.2. The fraction of sp³-hybridized carbons (Fsp3) is 0.185. The van der Waals surface area contributed by atoms with Crippen molar-refractivity contribution < 1.29 is 14.6 Å². The molecule has 1 amide bonds. The molecule has 0 bridgehead atoms. The number of rotatable bonds is 6. The minimum atomic E-state index is -0.530. The Kier molecular flexibility index (Phi) is 6.84. The Morgan fingerprint density at radius 2 is 1.79 bits per heavy atom. The third-order valence-corrected chi connectivity index (χ3v) is 5.97. The van der Waals surface area contributed by atoms with Crippen molar-refractivity contribution >= 4 is 34.6 Å². The lowest BCUT2D eigenvalue weighted by Crippen LogP contribution is -2.48. The van der Waals surface area contributed by atoms with Crippen molar-refractivity contribution in [1.29, 1.82) is 0 Å². The molecule has 174 valence electrons. The number of aromatic hydroxyl groups is 1. The van der Waals surface area contributed by atoms with E-state index in [1.54, 1.807) is 18.2 Å². The molecule has 4 rings (SSSR count). The summed E-state index contributed by atoms with van der Waals surface area (Å²) in [5, 5.41) is 17.0. The number of carbonyl (C=O) groups is 1. The first-order valence-electron chi connectivity index (χ1n) is 11.1. The second-order valence-electron chi connectivity index (χ2n) is 8.03. The zero-order valence-corrected chi connectivity index (χ0v) is 20.1. The van der Waals surface area contributed by atoms with E-state index >= 15 is 0 Å². The Bertz CT molecular complexity index is 1240. The van der Waals surface area contributed by atoms with E-state index in [2.05, 4.69) is 10.6 Å². The van der Waals surface area contributed by atoms with Crippen molar-refractivity contribution in [2.45, 2.75) is 26.8 Å². The number of benzene rings is 3. The molecule has 0 aromatic heterocycles. The Morgan fingerprint density at radius 1 is 1.09 bits per heavy atom. The summed E-state index contributed by atoms with van der Waals surface area (Å²) in [6, 6.07) is 21.8. The molecule has 6 nitrogen and oxygen atoms in total. The van der Waals surface area contributed by atoms with Crippen LogP contribution < -0.4 is 20.3 Å². The molecule has 7 heteroatoms. The van der Waals surface area contributed by atoms with Crippen LogP contribution in [0.3, 0.4) is 0 Å². The highest BCUT2D eigenvalue weighted by molar-refractivity contribution is 7.80. The lowest BCUT2D eigenvalue weighted by atomic mass is 9.93. The second-order valence-corrected chi connectivity index (χ2v) is 8.42. The monoisotopic (exact) mass is 473 g/mol. The van der Waals surface area contributed by atoms with E-state index in [-0.39, 0.29) is 11.7 Å². The third kappa shape index (κ3) is 4.75. The first-order valence-corrected chi connectivity index (χ1v) is 11.5. The number of nitrogens with zero attached hydrogens (tertiary/aromatic N) is 1. The number of phenolic OH excluding ortho intramolecular Hbond substituents is 1. The molecule has 1 aliphatic heterocycles. The van der Waals surface area contributed by atoms with Gasteiger partial charge in [-0.25, -0.2) is 0 Å². The van der Waals surface area contributed by atoms with Gasteiger partial charge in [0.2, 0.25) is 0 Å². The van der Waals surface area contributed by atoms with Crippen molar-refractivity contribution in [3.8, 4) is 11.5 Å². The van der Waals surface area contributed by atoms with Crippen LogP contribution in [0, 0.1) is 6.92 Å². The number of thiocarbonyl (C=S) groups is 1. The minimum Gasteiger partial charge on any atom is -0.504 e. The average Bonchev–Trinajstić information content (AvgIpc) is 2.82. The van der Waals surface area contributed by atoms with Crippen LogP contribution in [0.25, 0.3) is 0 Å². The molecule has 0 fully saturated rings. The molecule has 0 radical (unpaired) electrons. The van der Waals surface area contributed by atoms with Crippen LogP contribution in [0.15, 0.2) is 84.1 Å². The molecular weight excluding hydrogens is 446 g/mol. The molecule has 1 aliphatic rings. The van der Waals surface area contributed by atoms with Gasteiger partial charge in [-0.15, -0.1) is 0 Å². The van der Waals surface area contributed by atoms with Crippen LogP contribution in [-0.4, -0.2) is 22.7 Å². The lowest BCUT2D eigenvalue weighted by molar-refractivity contribution is -0.113. The predicted molar refractivity (Wildman–Crippen MR) is 139 cm³/mol. The molecule has 0 saturated heterocycles. The molecule has 1 atom stereocenters. The molecule has 3 aromatic rings. The number of hydrogen-bond acceptors (Lipinski definition) is 4. The molecule has 3 aromatic carbocycles. The van der Waals surface area contributed by atoms with Crippen molar-refractivity contribution in [1.82, 2.24) is 5.32 Å².